The van der Waals surface area contributed by atoms with Gasteiger partial charge < -0.3 is 0 Å². The third kappa shape index (κ3) is 45.0. The van der Waals surface area contributed by atoms with E-state index in [0.717, 1.165) is 0 Å². The molecule has 0 spiro atoms. The number of hydrogen-bond donors (Lipinski definition) is 0. The first-order valence-corrected chi connectivity index (χ1v) is 12.2. The van der Waals surface area contributed by atoms with Crippen molar-refractivity contribution < 1.29 is 0 Å². The van der Waals surface area contributed by atoms with Crippen LogP contribution in [0.5, 0.6) is 0 Å². The predicted octanol–water partition coefficient (Wildman–Crippen LogP) is 6.21. The Morgan fingerprint density at radius 3 is 0.905 bits per heavy atom. The SMILES string of the molecule is CCCCCCC[CH2][Sn].CCCCCCC[CH2][Sn].S.S.S. The van der Waals surface area contributed by atoms with E-state index in [4.69, 9.17) is 0 Å². The third-order valence-electron chi connectivity index (χ3n) is 3.06. The molecule has 0 saturated heterocycles. The van der Waals surface area contributed by atoms with E-state index in [-0.39, 0.29) is 40.5 Å². The Hall–Kier alpha value is 2.65. The van der Waals surface area contributed by atoms with Crippen LogP contribution < -0.4 is 0 Å². The van der Waals surface area contributed by atoms with Crippen LogP contribution in [0, 0.1) is 0 Å². The van der Waals surface area contributed by atoms with Crippen molar-refractivity contribution in [2.75, 3.05) is 0 Å². The topological polar surface area (TPSA) is 0 Å². The van der Waals surface area contributed by atoms with Crippen molar-refractivity contribution >= 4 is 85.5 Å². The van der Waals surface area contributed by atoms with E-state index in [1.165, 1.54) is 85.9 Å². The van der Waals surface area contributed by atoms with Crippen LogP contribution in [0.2, 0.25) is 8.87 Å². The first-order valence-electron chi connectivity index (χ1n) is 8.12. The van der Waals surface area contributed by atoms with E-state index in [0.29, 0.717) is 0 Å². The van der Waals surface area contributed by atoms with Crippen molar-refractivity contribution in [1.82, 2.24) is 0 Å². The van der Waals surface area contributed by atoms with Crippen LogP contribution in [0.4, 0.5) is 0 Å². The monoisotopic (exact) mass is 568 g/mol. The minimum atomic E-state index is 0. The second-order valence-corrected chi connectivity index (χ2v) is 7.89. The summed E-state index contributed by atoms with van der Waals surface area (Å²) < 4.78 is 2.91. The van der Waals surface area contributed by atoms with Crippen LogP contribution in [-0.2, 0) is 0 Å². The molecular weight excluding hydrogens is 526 g/mol. The summed E-state index contributed by atoms with van der Waals surface area (Å²) in [6.45, 7) is 4.54. The molecule has 0 heterocycles. The summed E-state index contributed by atoms with van der Waals surface area (Å²) in [7, 11) is 0. The first-order chi connectivity index (χ1) is 8.83. The normalized spacial score (nSPS) is 8.57. The molecule has 0 bridgehead atoms. The van der Waals surface area contributed by atoms with Gasteiger partial charge in [-0.2, -0.15) is 40.5 Å². The Morgan fingerprint density at radius 2 is 0.667 bits per heavy atom. The second kappa shape index (κ2) is 38.3. The van der Waals surface area contributed by atoms with Crippen LogP contribution in [0.15, 0.2) is 0 Å². The van der Waals surface area contributed by atoms with Crippen molar-refractivity contribution in [1.29, 1.82) is 0 Å². The molecule has 0 nitrogen and oxygen atoms in total. The van der Waals surface area contributed by atoms with Gasteiger partial charge in [0.2, 0.25) is 0 Å². The molecular formula is C16H40S3Sn2. The predicted molar refractivity (Wildman–Crippen MR) is 119 cm³/mol. The molecule has 0 aliphatic heterocycles. The van der Waals surface area contributed by atoms with Gasteiger partial charge in [0.1, 0.15) is 0 Å². The van der Waals surface area contributed by atoms with E-state index in [9.17, 15) is 0 Å². The quantitative estimate of drug-likeness (QED) is 0.195. The van der Waals surface area contributed by atoms with E-state index in [1.807, 2.05) is 0 Å². The van der Waals surface area contributed by atoms with Gasteiger partial charge in [0.15, 0.2) is 0 Å². The van der Waals surface area contributed by atoms with Gasteiger partial charge >= 0.3 is 145 Å². The smallest absolute Gasteiger partial charge is 0.197 e. The zero-order valence-electron chi connectivity index (χ0n) is 14.4. The first kappa shape index (κ1) is 34.9. The Balaban J connectivity index is -0.0000000711. The van der Waals surface area contributed by atoms with Crippen LogP contribution in [-0.4, -0.2) is 45.0 Å². The summed E-state index contributed by atoms with van der Waals surface area (Å²) in [6.07, 6.45) is 17.4. The van der Waals surface area contributed by atoms with Crippen LogP contribution in [0.3, 0.4) is 0 Å². The van der Waals surface area contributed by atoms with Crippen LogP contribution >= 0.6 is 40.5 Å². The maximum Gasteiger partial charge on any atom is -0.197 e. The van der Waals surface area contributed by atoms with Gasteiger partial charge in [-0.15, -0.1) is 0 Å². The molecule has 0 aromatic carbocycles. The molecule has 0 atom stereocenters. The summed E-state index contributed by atoms with van der Waals surface area (Å²) in [5, 5.41) is 0. The summed E-state index contributed by atoms with van der Waals surface area (Å²) in [5.41, 5.74) is 0. The van der Waals surface area contributed by atoms with Gasteiger partial charge in [0.05, 0.1) is 0 Å². The van der Waals surface area contributed by atoms with E-state index < -0.39 is 0 Å². The molecule has 5 heteroatoms. The van der Waals surface area contributed by atoms with E-state index in [1.54, 1.807) is 45.0 Å². The van der Waals surface area contributed by atoms with Gasteiger partial charge in [-0.25, -0.2) is 0 Å². The van der Waals surface area contributed by atoms with Gasteiger partial charge in [-0.3, -0.25) is 0 Å². The molecule has 0 N–H and O–H groups in total. The number of unbranched alkanes of at least 4 members (excludes halogenated alkanes) is 10. The zero-order valence-corrected chi connectivity index (χ0v) is 23.1. The van der Waals surface area contributed by atoms with Crippen molar-refractivity contribution in [3.63, 3.8) is 0 Å². The minimum Gasteiger partial charge on any atom is -0.197 e. The number of hydrogen-bond acceptors (Lipinski definition) is 0. The number of rotatable bonds is 12. The summed E-state index contributed by atoms with van der Waals surface area (Å²) in [6, 6.07) is 0. The average Bonchev–Trinajstić information content (AvgIpc) is 2.39. The van der Waals surface area contributed by atoms with Gasteiger partial charge in [0.25, 0.3) is 0 Å². The molecule has 0 rings (SSSR count). The summed E-state index contributed by atoms with van der Waals surface area (Å²) >= 11 is 3.42. The second-order valence-electron chi connectivity index (χ2n) is 5.04. The van der Waals surface area contributed by atoms with Crippen molar-refractivity contribution in [2.45, 2.75) is 99.8 Å². The maximum atomic E-state index is 2.27. The summed E-state index contributed by atoms with van der Waals surface area (Å²) in [5.74, 6) is 0. The molecule has 0 aliphatic rings. The van der Waals surface area contributed by atoms with Crippen LogP contribution in [0.25, 0.3) is 0 Å². The van der Waals surface area contributed by atoms with E-state index in [2.05, 4.69) is 13.8 Å². The fraction of sp³-hybridized carbons (Fsp3) is 1.00. The fourth-order valence-corrected chi connectivity index (χ4v) is 3.24. The third-order valence-corrected chi connectivity index (χ3v) is 5.08. The van der Waals surface area contributed by atoms with Gasteiger partial charge in [0, 0.05) is 0 Å². The van der Waals surface area contributed by atoms with Crippen molar-refractivity contribution in [3.05, 3.63) is 0 Å². The fourth-order valence-electron chi connectivity index (χ4n) is 1.81. The zero-order chi connectivity index (χ0) is 13.9. The Morgan fingerprint density at radius 1 is 0.429 bits per heavy atom. The molecule has 0 aromatic heterocycles. The molecule has 0 fully saturated rings. The standard InChI is InChI=1S/2C8H17.3H2S.2Sn/c2*1-3-5-7-8-6-4-2;;;;;/h2*1,3-8H2,2H3;3*1H2;;. The van der Waals surface area contributed by atoms with Gasteiger partial charge in [-0.1, -0.05) is 0 Å². The molecule has 0 aliphatic carbocycles. The van der Waals surface area contributed by atoms with Gasteiger partial charge in [-0.05, 0) is 0 Å². The maximum absolute atomic E-state index is 2.27. The average molecular weight is 566 g/mol. The molecule has 6 radical (unpaired) electrons. The molecule has 0 aromatic rings. The minimum absolute atomic E-state index is 0. The van der Waals surface area contributed by atoms with Crippen molar-refractivity contribution in [3.8, 4) is 0 Å². The molecule has 0 amide bonds. The molecule has 21 heavy (non-hydrogen) atoms. The Kier molecular flexibility index (Phi) is 63.6. The summed E-state index contributed by atoms with van der Waals surface area (Å²) in [4.78, 5) is 0. The Bertz CT molecular complexity index is 102. The van der Waals surface area contributed by atoms with Crippen molar-refractivity contribution in [2.24, 2.45) is 0 Å². The Labute approximate surface area is 183 Å². The molecule has 130 valence electrons. The molecule has 0 saturated carbocycles. The van der Waals surface area contributed by atoms with Crippen LogP contribution in [0.1, 0.15) is 90.9 Å². The van der Waals surface area contributed by atoms with E-state index >= 15 is 0 Å². The molecule has 0 unspecified atom stereocenters. The largest absolute Gasteiger partial charge is 0.197 e.